The van der Waals surface area contributed by atoms with E-state index in [1.54, 1.807) is 38.3 Å². The van der Waals surface area contributed by atoms with Crippen molar-refractivity contribution in [3.8, 4) is 22.6 Å². The highest BCUT2D eigenvalue weighted by Crippen LogP contribution is 2.40. The number of aliphatic imine (C=N–C) groups is 1. The van der Waals surface area contributed by atoms with Crippen LogP contribution in [-0.4, -0.2) is 37.6 Å². The minimum Gasteiger partial charge on any atom is -0.496 e. The molecule has 0 radical (unpaired) electrons. The van der Waals surface area contributed by atoms with Crippen molar-refractivity contribution in [2.24, 2.45) is 4.99 Å². The average Bonchev–Trinajstić information content (AvgIpc) is 3.41. The number of nitrogens with one attached hydrogen (secondary N) is 1. The first-order chi connectivity index (χ1) is 14.6. The van der Waals surface area contributed by atoms with Gasteiger partial charge in [0.25, 0.3) is 0 Å². The van der Waals surface area contributed by atoms with Crippen LogP contribution in [0.25, 0.3) is 27.7 Å². The van der Waals surface area contributed by atoms with Gasteiger partial charge in [0.2, 0.25) is 5.91 Å². The van der Waals surface area contributed by atoms with Gasteiger partial charge in [-0.3, -0.25) is 9.79 Å². The molecule has 2 aromatic carbocycles. The Balaban J connectivity index is 1.75. The highest BCUT2D eigenvalue weighted by molar-refractivity contribution is 8.14. The first-order valence-corrected chi connectivity index (χ1v) is 10.5. The zero-order valence-electron chi connectivity index (χ0n) is 17.0. The number of para-hydroxylation sites is 1. The van der Waals surface area contributed by atoms with E-state index in [-0.39, 0.29) is 5.91 Å². The molecule has 1 aromatic heterocycles. The molecule has 4 rings (SSSR count). The molecule has 3 aromatic rings. The molecule has 1 aliphatic rings. The Bertz CT molecular complexity index is 1160. The molecule has 0 unspecified atom stereocenters. The van der Waals surface area contributed by atoms with E-state index in [2.05, 4.69) is 10.3 Å². The number of carbonyl (C=O) groups excluding carboxylic acids is 1. The van der Waals surface area contributed by atoms with E-state index in [1.165, 1.54) is 0 Å². The summed E-state index contributed by atoms with van der Waals surface area (Å²) < 4.78 is 16.9. The fraction of sp³-hybridized carbons (Fsp3) is 0.217. The van der Waals surface area contributed by atoms with Crippen LogP contribution in [0.15, 0.2) is 58.1 Å². The van der Waals surface area contributed by atoms with E-state index in [0.29, 0.717) is 16.5 Å². The summed E-state index contributed by atoms with van der Waals surface area (Å²) in [6, 6.07) is 11.6. The van der Waals surface area contributed by atoms with Crippen molar-refractivity contribution in [1.29, 1.82) is 0 Å². The number of amidine groups is 1. The predicted molar refractivity (Wildman–Crippen MR) is 121 cm³/mol. The summed E-state index contributed by atoms with van der Waals surface area (Å²) >= 11 is 1.55. The molecule has 1 aliphatic heterocycles. The van der Waals surface area contributed by atoms with Gasteiger partial charge in [0.15, 0.2) is 5.17 Å². The second kappa shape index (κ2) is 8.67. The molecule has 7 heteroatoms. The van der Waals surface area contributed by atoms with Crippen molar-refractivity contribution in [3.63, 3.8) is 0 Å². The molecule has 0 atom stereocenters. The predicted octanol–water partition coefficient (Wildman–Crippen LogP) is 4.74. The topological polar surface area (TPSA) is 73.1 Å². The van der Waals surface area contributed by atoms with E-state index in [0.717, 1.165) is 45.7 Å². The average molecular weight is 423 g/mol. The van der Waals surface area contributed by atoms with Crippen LogP contribution >= 0.6 is 11.8 Å². The number of furan rings is 1. The molecule has 0 fully saturated rings. The van der Waals surface area contributed by atoms with Gasteiger partial charge in [-0.05, 0) is 24.6 Å². The Hall–Kier alpha value is -3.19. The van der Waals surface area contributed by atoms with Gasteiger partial charge in [0.1, 0.15) is 17.1 Å². The molecule has 0 saturated carbocycles. The quantitative estimate of drug-likeness (QED) is 0.601. The molecule has 0 spiro atoms. The SMILES string of the molecule is COc1cc2occ(-c3ccccc3OC)c2cc1/C(C)=C/C(=O)NC1=NCCS1. The summed E-state index contributed by atoms with van der Waals surface area (Å²) in [6.45, 7) is 2.62. The third kappa shape index (κ3) is 3.93. The molecule has 1 amide bonds. The monoisotopic (exact) mass is 422 g/mol. The fourth-order valence-corrected chi connectivity index (χ4v) is 4.17. The van der Waals surface area contributed by atoms with E-state index in [9.17, 15) is 4.79 Å². The van der Waals surface area contributed by atoms with E-state index >= 15 is 0 Å². The number of hydrogen-bond acceptors (Lipinski definition) is 6. The number of hydrogen-bond donors (Lipinski definition) is 1. The normalized spacial score (nSPS) is 14.0. The van der Waals surface area contributed by atoms with Crippen molar-refractivity contribution < 1.29 is 18.7 Å². The Morgan fingerprint density at radius 2 is 1.97 bits per heavy atom. The Labute approximate surface area is 179 Å². The van der Waals surface area contributed by atoms with Crippen LogP contribution in [0.2, 0.25) is 0 Å². The Morgan fingerprint density at radius 3 is 2.70 bits per heavy atom. The van der Waals surface area contributed by atoms with Crippen molar-refractivity contribution in [3.05, 3.63) is 54.3 Å². The fourth-order valence-electron chi connectivity index (χ4n) is 3.43. The van der Waals surface area contributed by atoms with Crippen molar-refractivity contribution in [1.82, 2.24) is 5.32 Å². The van der Waals surface area contributed by atoms with Gasteiger partial charge in [-0.15, -0.1) is 0 Å². The summed E-state index contributed by atoms with van der Waals surface area (Å²) in [4.78, 5) is 16.7. The van der Waals surface area contributed by atoms with Gasteiger partial charge >= 0.3 is 0 Å². The van der Waals surface area contributed by atoms with Gasteiger partial charge in [0.05, 0.1) is 27.0 Å². The second-order valence-electron chi connectivity index (χ2n) is 6.75. The summed E-state index contributed by atoms with van der Waals surface area (Å²) in [7, 11) is 3.25. The van der Waals surface area contributed by atoms with E-state index in [1.807, 2.05) is 43.3 Å². The molecule has 0 aliphatic carbocycles. The third-order valence-electron chi connectivity index (χ3n) is 4.88. The minimum atomic E-state index is -0.208. The van der Waals surface area contributed by atoms with E-state index in [4.69, 9.17) is 13.9 Å². The summed E-state index contributed by atoms with van der Waals surface area (Å²) in [6.07, 6.45) is 3.28. The lowest BCUT2D eigenvalue weighted by Crippen LogP contribution is -2.25. The molecule has 6 nitrogen and oxygen atoms in total. The van der Waals surface area contributed by atoms with Crippen LogP contribution in [0.3, 0.4) is 0 Å². The van der Waals surface area contributed by atoms with Crippen LogP contribution in [0, 0.1) is 0 Å². The van der Waals surface area contributed by atoms with Crippen molar-refractivity contribution >= 4 is 39.4 Å². The maximum Gasteiger partial charge on any atom is 0.250 e. The molecule has 154 valence electrons. The number of rotatable bonds is 5. The van der Waals surface area contributed by atoms with Gasteiger partial charge in [-0.2, -0.15) is 0 Å². The first kappa shape index (κ1) is 20.1. The van der Waals surface area contributed by atoms with Crippen molar-refractivity contribution in [2.45, 2.75) is 6.92 Å². The molecule has 1 N–H and O–H groups in total. The van der Waals surface area contributed by atoms with Crippen LogP contribution in [-0.2, 0) is 4.79 Å². The van der Waals surface area contributed by atoms with Gasteiger partial charge in [0, 0.05) is 40.0 Å². The lowest BCUT2D eigenvalue weighted by atomic mass is 9.99. The molecule has 30 heavy (non-hydrogen) atoms. The zero-order valence-corrected chi connectivity index (χ0v) is 17.8. The summed E-state index contributed by atoms with van der Waals surface area (Å²) in [5.74, 6) is 2.09. The zero-order chi connectivity index (χ0) is 21.1. The highest BCUT2D eigenvalue weighted by Gasteiger charge is 2.17. The van der Waals surface area contributed by atoms with Crippen LogP contribution in [0.5, 0.6) is 11.5 Å². The maximum atomic E-state index is 12.4. The Kier molecular flexibility index (Phi) is 5.81. The van der Waals surface area contributed by atoms with E-state index < -0.39 is 0 Å². The number of methoxy groups -OCH3 is 2. The Morgan fingerprint density at radius 1 is 1.17 bits per heavy atom. The molecular weight excluding hydrogens is 400 g/mol. The number of amides is 1. The molecular formula is C23H22N2O4S. The largest absolute Gasteiger partial charge is 0.496 e. The highest BCUT2D eigenvalue weighted by atomic mass is 32.2. The van der Waals surface area contributed by atoms with Crippen LogP contribution in [0.1, 0.15) is 12.5 Å². The number of benzene rings is 2. The van der Waals surface area contributed by atoms with Gasteiger partial charge in [-0.1, -0.05) is 30.0 Å². The number of ether oxygens (including phenoxy) is 2. The summed E-state index contributed by atoms with van der Waals surface area (Å²) in [5, 5.41) is 4.41. The number of carbonyl (C=O) groups is 1. The smallest absolute Gasteiger partial charge is 0.250 e. The number of thioether (sulfide) groups is 1. The minimum absolute atomic E-state index is 0.208. The standard InChI is InChI=1S/C23H22N2O4S/c1-14(10-22(26)25-23-24-8-9-30-23)16-11-17-18(13-29-21(17)12-20(16)28-3)15-6-4-5-7-19(15)27-2/h4-7,10-13H,8-9H2,1-3H3,(H,24,25,26)/b14-10+. The molecule has 0 saturated heterocycles. The summed E-state index contributed by atoms with van der Waals surface area (Å²) in [5.41, 5.74) is 4.15. The molecule has 2 heterocycles. The molecule has 0 bridgehead atoms. The lowest BCUT2D eigenvalue weighted by molar-refractivity contribution is -0.115. The maximum absolute atomic E-state index is 12.4. The second-order valence-corrected chi connectivity index (χ2v) is 7.83. The van der Waals surface area contributed by atoms with Crippen LogP contribution in [0.4, 0.5) is 0 Å². The lowest BCUT2D eigenvalue weighted by Gasteiger charge is -2.11. The first-order valence-electron chi connectivity index (χ1n) is 9.50. The van der Waals surface area contributed by atoms with Crippen molar-refractivity contribution in [2.75, 3.05) is 26.5 Å². The number of allylic oxidation sites excluding steroid dienone is 1. The third-order valence-corrected chi connectivity index (χ3v) is 5.77. The van der Waals surface area contributed by atoms with Crippen LogP contribution < -0.4 is 14.8 Å². The van der Waals surface area contributed by atoms with Gasteiger partial charge in [-0.25, -0.2) is 0 Å². The number of nitrogens with zero attached hydrogens (tertiary/aromatic N) is 1. The van der Waals surface area contributed by atoms with Gasteiger partial charge < -0.3 is 19.2 Å². The number of fused-ring (bicyclic) bond motifs is 1.